The van der Waals surface area contributed by atoms with Crippen molar-refractivity contribution >= 4 is 24.2 Å². The summed E-state index contributed by atoms with van der Waals surface area (Å²) < 4.78 is 46.4. The number of esters is 1. The Morgan fingerprint density at radius 2 is 1.79 bits per heavy atom. The van der Waals surface area contributed by atoms with Crippen molar-refractivity contribution in [1.29, 1.82) is 0 Å². The van der Waals surface area contributed by atoms with E-state index in [4.69, 9.17) is 14.0 Å². The van der Waals surface area contributed by atoms with Crippen molar-refractivity contribution in [3.05, 3.63) is 23.8 Å². The molecular formula is C20H28BF2NO4. The maximum Gasteiger partial charge on any atom is 0.495 e. The van der Waals surface area contributed by atoms with Gasteiger partial charge in [-0.05, 0) is 64.6 Å². The zero-order valence-corrected chi connectivity index (χ0v) is 17.2. The molecule has 1 aromatic rings. The lowest BCUT2D eigenvalue weighted by Crippen LogP contribution is -2.41. The summed E-state index contributed by atoms with van der Waals surface area (Å²) in [6.45, 7) is 10.6. The fraction of sp³-hybridized carbons (Fsp3) is 0.650. The normalized spacial score (nSPS) is 23.3. The van der Waals surface area contributed by atoms with Gasteiger partial charge in [-0.3, -0.25) is 4.79 Å². The number of nitrogens with zero attached hydrogens (tertiary/aromatic N) is 1. The lowest BCUT2D eigenvalue weighted by atomic mass is 9.79. The second kappa shape index (κ2) is 7.63. The average Bonchev–Trinajstić information content (AvgIpc) is 3.09. The van der Waals surface area contributed by atoms with Crippen LogP contribution in [0.1, 0.15) is 47.5 Å². The third kappa shape index (κ3) is 4.03. The quantitative estimate of drug-likeness (QED) is 0.567. The van der Waals surface area contributed by atoms with E-state index in [1.165, 1.54) is 12.1 Å². The van der Waals surface area contributed by atoms with Gasteiger partial charge in [0.1, 0.15) is 17.3 Å². The minimum absolute atomic E-state index is 0.0284. The lowest BCUT2D eigenvalue weighted by Gasteiger charge is -2.32. The highest BCUT2D eigenvalue weighted by Gasteiger charge is 2.52. The molecule has 1 aromatic carbocycles. The Hall–Kier alpha value is -1.67. The molecule has 0 radical (unpaired) electrons. The smallest absolute Gasteiger partial charge is 0.466 e. The summed E-state index contributed by atoms with van der Waals surface area (Å²) in [4.78, 5) is 13.3. The van der Waals surface area contributed by atoms with E-state index in [9.17, 15) is 13.6 Å². The first-order valence-electron chi connectivity index (χ1n) is 9.79. The van der Waals surface area contributed by atoms with Crippen molar-refractivity contribution < 1.29 is 27.6 Å². The Kier molecular flexibility index (Phi) is 5.74. The van der Waals surface area contributed by atoms with Crippen molar-refractivity contribution in [2.45, 2.75) is 58.7 Å². The fourth-order valence-corrected chi connectivity index (χ4v) is 3.66. The molecule has 0 bridgehead atoms. The highest BCUT2D eigenvalue weighted by molar-refractivity contribution is 6.62. The van der Waals surface area contributed by atoms with Gasteiger partial charge in [0.25, 0.3) is 0 Å². The van der Waals surface area contributed by atoms with Crippen LogP contribution >= 0.6 is 0 Å². The molecule has 2 saturated heterocycles. The molecule has 2 fully saturated rings. The number of hydrogen-bond acceptors (Lipinski definition) is 5. The second-order valence-electron chi connectivity index (χ2n) is 8.53. The van der Waals surface area contributed by atoms with Gasteiger partial charge in [0.15, 0.2) is 0 Å². The van der Waals surface area contributed by atoms with Crippen LogP contribution in [0.2, 0.25) is 0 Å². The topological polar surface area (TPSA) is 48.0 Å². The van der Waals surface area contributed by atoms with E-state index in [-0.39, 0.29) is 24.0 Å². The summed E-state index contributed by atoms with van der Waals surface area (Å²) in [5.41, 5.74) is -0.914. The number of carbonyl (C=O) groups is 1. The first kappa shape index (κ1) is 21.1. The van der Waals surface area contributed by atoms with E-state index >= 15 is 0 Å². The van der Waals surface area contributed by atoms with Gasteiger partial charge in [0, 0.05) is 13.1 Å². The van der Waals surface area contributed by atoms with Crippen LogP contribution in [0.3, 0.4) is 0 Å². The first-order chi connectivity index (χ1) is 13.0. The van der Waals surface area contributed by atoms with Crippen LogP contribution in [0.5, 0.6) is 0 Å². The molecule has 3 rings (SSSR count). The Morgan fingerprint density at radius 3 is 2.32 bits per heavy atom. The van der Waals surface area contributed by atoms with E-state index in [2.05, 4.69) is 0 Å². The van der Waals surface area contributed by atoms with Gasteiger partial charge in [-0.15, -0.1) is 0 Å². The van der Waals surface area contributed by atoms with Crippen molar-refractivity contribution in [2.24, 2.45) is 5.92 Å². The van der Waals surface area contributed by atoms with Gasteiger partial charge in [-0.25, -0.2) is 8.78 Å². The minimum atomic E-state index is -0.821. The van der Waals surface area contributed by atoms with Crippen LogP contribution in [-0.4, -0.2) is 44.0 Å². The molecule has 154 valence electrons. The molecule has 2 aliphatic heterocycles. The molecule has 0 spiro atoms. The number of benzene rings is 1. The molecule has 8 heteroatoms. The number of rotatable bonds is 5. The predicted octanol–water partition coefficient (Wildman–Crippen LogP) is 3.04. The maximum atomic E-state index is 14.8. The molecule has 0 aromatic heterocycles. The average molecular weight is 395 g/mol. The Balaban J connectivity index is 1.74. The third-order valence-corrected chi connectivity index (χ3v) is 5.93. The number of anilines is 1. The van der Waals surface area contributed by atoms with Gasteiger partial charge in [0.05, 0.1) is 24.2 Å². The third-order valence-electron chi connectivity index (χ3n) is 5.93. The van der Waals surface area contributed by atoms with Crippen molar-refractivity contribution in [3.63, 3.8) is 0 Å². The Morgan fingerprint density at radius 1 is 1.21 bits per heavy atom. The minimum Gasteiger partial charge on any atom is -0.466 e. The van der Waals surface area contributed by atoms with E-state index in [0.717, 1.165) is 0 Å². The summed E-state index contributed by atoms with van der Waals surface area (Å²) in [5, 5.41) is 0. The molecule has 0 N–H and O–H groups in total. The van der Waals surface area contributed by atoms with Crippen LogP contribution in [0.15, 0.2) is 12.1 Å². The van der Waals surface area contributed by atoms with Gasteiger partial charge < -0.3 is 18.9 Å². The summed E-state index contributed by atoms with van der Waals surface area (Å²) in [7, 11) is -0.821. The number of carbonyl (C=O) groups excluding carboxylic acids is 1. The highest BCUT2D eigenvalue weighted by atomic mass is 19.1. The van der Waals surface area contributed by atoms with Crippen molar-refractivity contribution in [2.75, 3.05) is 24.6 Å². The van der Waals surface area contributed by atoms with Gasteiger partial charge in [-0.2, -0.15) is 0 Å². The zero-order chi connectivity index (χ0) is 20.7. The standard InChI is InChI=1S/C20H28BF2NO4/c1-6-26-17(25)9-13-7-8-24(12-13)18-15(22)10-14(11-16(18)23)21-27-19(2,3)20(4,5)28-21/h10-11,13H,6-9,12H2,1-5H3. The molecule has 2 aliphatic rings. The van der Waals surface area contributed by atoms with Crippen LogP contribution < -0.4 is 10.4 Å². The molecule has 0 amide bonds. The van der Waals surface area contributed by atoms with Crippen molar-refractivity contribution in [3.8, 4) is 0 Å². The summed E-state index contributed by atoms with van der Waals surface area (Å²) in [6, 6.07) is 2.55. The van der Waals surface area contributed by atoms with Gasteiger partial charge in [-0.1, -0.05) is 0 Å². The summed E-state index contributed by atoms with van der Waals surface area (Å²) >= 11 is 0. The SMILES string of the molecule is CCOC(=O)CC1CCN(c2c(F)cc(B3OC(C)(C)C(C)(C)O3)cc2F)C1. The number of halogens is 2. The maximum absolute atomic E-state index is 14.8. The predicted molar refractivity (Wildman–Crippen MR) is 104 cm³/mol. The monoisotopic (exact) mass is 395 g/mol. The highest BCUT2D eigenvalue weighted by Crippen LogP contribution is 2.37. The number of ether oxygens (including phenoxy) is 1. The Bertz CT molecular complexity index is 717. The van der Waals surface area contributed by atoms with Crippen LogP contribution in [0.4, 0.5) is 14.5 Å². The van der Waals surface area contributed by atoms with E-state index < -0.39 is 30.0 Å². The first-order valence-corrected chi connectivity index (χ1v) is 9.79. The summed E-state index contributed by atoms with van der Waals surface area (Å²) in [6.07, 6.45) is 0.955. The fourth-order valence-electron chi connectivity index (χ4n) is 3.66. The van der Waals surface area contributed by atoms with Crippen LogP contribution in [0.25, 0.3) is 0 Å². The van der Waals surface area contributed by atoms with E-state index in [0.29, 0.717) is 31.6 Å². The van der Waals surface area contributed by atoms with E-state index in [1.807, 2.05) is 27.7 Å². The van der Waals surface area contributed by atoms with E-state index in [1.54, 1.807) is 11.8 Å². The molecule has 1 atom stereocenters. The van der Waals surface area contributed by atoms with Crippen molar-refractivity contribution in [1.82, 2.24) is 0 Å². The van der Waals surface area contributed by atoms with Gasteiger partial charge in [0.2, 0.25) is 0 Å². The van der Waals surface area contributed by atoms with Crippen LogP contribution in [0, 0.1) is 17.6 Å². The largest absolute Gasteiger partial charge is 0.495 e. The summed E-state index contributed by atoms with van der Waals surface area (Å²) in [5.74, 6) is -1.55. The molecule has 5 nitrogen and oxygen atoms in total. The second-order valence-corrected chi connectivity index (χ2v) is 8.53. The molecular weight excluding hydrogens is 367 g/mol. The molecule has 1 unspecified atom stereocenters. The molecule has 2 heterocycles. The number of hydrogen-bond donors (Lipinski definition) is 0. The zero-order valence-electron chi connectivity index (χ0n) is 17.2. The van der Waals surface area contributed by atoms with Crippen LogP contribution in [-0.2, 0) is 18.8 Å². The molecule has 28 heavy (non-hydrogen) atoms. The Labute approximate surface area is 165 Å². The molecule has 0 saturated carbocycles. The molecule has 0 aliphatic carbocycles. The van der Waals surface area contributed by atoms with Gasteiger partial charge >= 0.3 is 13.1 Å². The lowest BCUT2D eigenvalue weighted by molar-refractivity contribution is -0.144.